The van der Waals surface area contributed by atoms with Gasteiger partial charge < -0.3 is 15.0 Å². The van der Waals surface area contributed by atoms with Crippen LogP contribution >= 0.6 is 0 Å². The van der Waals surface area contributed by atoms with Gasteiger partial charge in [0.1, 0.15) is 5.82 Å². The van der Waals surface area contributed by atoms with E-state index in [9.17, 15) is 5.11 Å². The van der Waals surface area contributed by atoms with Crippen LogP contribution in [0.15, 0.2) is 42.7 Å². The summed E-state index contributed by atoms with van der Waals surface area (Å²) in [5.41, 5.74) is 0.691. The predicted octanol–water partition coefficient (Wildman–Crippen LogP) is 1.83. The number of nitrogens with one attached hydrogen (secondary N) is 1. The van der Waals surface area contributed by atoms with E-state index in [4.69, 9.17) is 0 Å². The van der Waals surface area contributed by atoms with Crippen LogP contribution < -0.4 is 5.32 Å². The Bertz CT molecular complexity index is 562. The summed E-state index contributed by atoms with van der Waals surface area (Å²) in [6, 6.07) is 10.7. The normalized spacial score (nSPS) is 17.9. The van der Waals surface area contributed by atoms with Crippen molar-refractivity contribution in [3.05, 3.63) is 54.1 Å². The summed E-state index contributed by atoms with van der Waals surface area (Å²) in [6.45, 7) is 2.76. The van der Waals surface area contributed by atoms with E-state index in [1.54, 1.807) is 6.20 Å². The number of benzene rings is 1. The van der Waals surface area contributed by atoms with Gasteiger partial charge in [-0.3, -0.25) is 0 Å². The third-order valence-corrected chi connectivity index (χ3v) is 4.02. The zero-order valence-electron chi connectivity index (χ0n) is 11.8. The van der Waals surface area contributed by atoms with E-state index in [0.717, 1.165) is 11.4 Å². The number of nitrogens with zero attached hydrogens (tertiary/aromatic N) is 2. The first-order valence-electron chi connectivity index (χ1n) is 7.15. The molecule has 0 bridgehead atoms. The Kier molecular flexibility index (Phi) is 3.59. The van der Waals surface area contributed by atoms with Crippen molar-refractivity contribution < 1.29 is 5.11 Å². The minimum atomic E-state index is -0.437. The number of rotatable bonds is 6. The van der Waals surface area contributed by atoms with Crippen LogP contribution in [0, 0.1) is 6.92 Å². The molecule has 1 atom stereocenters. The average molecular weight is 271 g/mol. The van der Waals surface area contributed by atoms with Crippen molar-refractivity contribution in [3.63, 3.8) is 0 Å². The molecule has 2 N–H and O–H groups in total. The molecule has 1 aromatic heterocycles. The van der Waals surface area contributed by atoms with E-state index >= 15 is 0 Å². The van der Waals surface area contributed by atoms with Crippen LogP contribution in [-0.2, 0) is 12.1 Å². The van der Waals surface area contributed by atoms with Gasteiger partial charge in [-0.1, -0.05) is 30.3 Å². The van der Waals surface area contributed by atoms with Crippen molar-refractivity contribution in [2.45, 2.75) is 37.9 Å². The molecule has 4 heteroatoms. The van der Waals surface area contributed by atoms with E-state index in [0.29, 0.717) is 12.6 Å². The molecule has 0 amide bonds. The highest BCUT2D eigenvalue weighted by Crippen LogP contribution is 2.30. The van der Waals surface area contributed by atoms with Crippen LogP contribution in [0.25, 0.3) is 0 Å². The highest BCUT2D eigenvalue weighted by Gasteiger charge is 2.37. The summed E-state index contributed by atoms with van der Waals surface area (Å²) in [5.74, 6) is 0.969. The number of aromatic nitrogens is 2. The molecule has 0 saturated heterocycles. The van der Waals surface area contributed by atoms with E-state index in [1.807, 2.05) is 31.3 Å². The van der Waals surface area contributed by atoms with Crippen molar-refractivity contribution in [3.8, 4) is 0 Å². The Hall–Kier alpha value is -1.65. The molecular formula is C16H21N3O. The largest absolute Gasteiger partial charge is 0.394 e. The molecule has 4 nitrogen and oxygen atoms in total. The second-order valence-corrected chi connectivity index (χ2v) is 5.63. The van der Waals surface area contributed by atoms with Gasteiger partial charge in [0.05, 0.1) is 12.1 Å². The topological polar surface area (TPSA) is 50.1 Å². The van der Waals surface area contributed by atoms with Crippen molar-refractivity contribution in [2.24, 2.45) is 0 Å². The fourth-order valence-corrected chi connectivity index (χ4v) is 2.64. The maximum absolute atomic E-state index is 10.1. The SMILES string of the molecule is Cc1nccn1CC(CO)(NC1CC1)c1ccccc1. The van der Waals surface area contributed by atoms with Crippen molar-refractivity contribution in [1.82, 2.24) is 14.9 Å². The van der Waals surface area contributed by atoms with Crippen LogP contribution in [0.4, 0.5) is 0 Å². The molecule has 0 aliphatic heterocycles. The lowest BCUT2D eigenvalue weighted by molar-refractivity contribution is 0.139. The van der Waals surface area contributed by atoms with Gasteiger partial charge in [0.2, 0.25) is 0 Å². The van der Waals surface area contributed by atoms with E-state index in [2.05, 4.69) is 27.0 Å². The number of hydrogen-bond acceptors (Lipinski definition) is 3. The minimum absolute atomic E-state index is 0.0745. The summed E-state index contributed by atoms with van der Waals surface area (Å²) >= 11 is 0. The highest BCUT2D eigenvalue weighted by atomic mass is 16.3. The lowest BCUT2D eigenvalue weighted by Crippen LogP contribution is -2.50. The molecule has 2 aromatic rings. The van der Waals surface area contributed by atoms with Crippen molar-refractivity contribution >= 4 is 0 Å². The first kappa shape index (κ1) is 13.3. The van der Waals surface area contributed by atoms with Gasteiger partial charge >= 0.3 is 0 Å². The lowest BCUT2D eigenvalue weighted by Gasteiger charge is -2.34. The molecular weight excluding hydrogens is 250 g/mol. The number of aliphatic hydroxyl groups excluding tert-OH is 1. The molecule has 1 fully saturated rings. The number of hydrogen-bond donors (Lipinski definition) is 2. The molecule has 1 heterocycles. The van der Waals surface area contributed by atoms with Gasteiger partial charge in [-0.25, -0.2) is 4.98 Å². The van der Waals surface area contributed by atoms with Crippen LogP contribution in [0.1, 0.15) is 24.2 Å². The van der Waals surface area contributed by atoms with Gasteiger partial charge in [0, 0.05) is 25.0 Å². The summed E-state index contributed by atoms with van der Waals surface area (Å²) in [6.07, 6.45) is 6.16. The fraction of sp³-hybridized carbons (Fsp3) is 0.438. The summed E-state index contributed by atoms with van der Waals surface area (Å²) in [4.78, 5) is 4.28. The Balaban J connectivity index is 1.95. The molecule has 1 aliphatic carbocycles. The van der Waals surface area contributed by atoms with Gasteiger partial charge in [0.15, 0.2) is 0 Å². The summed E-state index contributed by atoms with van der Waals surface area (Å²) < 4.78 is 2.10. The Morgan fingerprint density at radius 1 is 1.35 bits per heavy atom. The molecule has 1 aliphatic rings. The zero-order chi connectivity index (χ0) is 14.0. The highest BCUT2D eigenvalue weighted by molar-refractivity contribution is 5.25. The molecule has 1 aromatic carbocycles. The van der Waals surface area contributed by atoms with Crippen molar-refractivity contribution in [2.75, 3.05) is 6.61 Å². The fourth-order valence-electron chi connectivity index (χ4n) is 2.64. The van der Waals surface area contributed by atoms with Gasteiger partial charge in [0.25, 0.3) is 0 Å². The average Bonchev–Trinajstić information content (AvgIpc) is 3.21. The second kappa shape index (κ2) is 5.38. The first-order chi connectivity index (χ1) is 9.73. The number of imidazole rings is 1. The molecule has 3 rings (SSSR count). The van der Waals surface area contributed by atoms with Gasteiger partial charge in [-0.2, -0.15) is 0 Å². The third-order valence-electron chi connectivity index (χ3n) is 4.02. The Morgan fingerprint density at radius 2 is 2.10 bits per heavy atom. The number of aliphatic hydroxyl groups is 1. The molecule has 1 unspecified atom stereocenters. The molecule has 1 saturated carbocycles. The predicted molar refractivity (Wildman–Crippen MR) is 78.3 cm³/mol. The first-order valence-corrected chi connectivity index (χ1v) is 7.15. The van der Waals surface area contributed by atoms with E-state index in [1.165, 1.54) is 12.8 Å². The Labute approximate surface area is 119 Å². The third kappa shape index (κ3) is 2.62. The zero-order valence-corrected chi connectivity index (χ0v) is 11.8. The van der Waals surface area contributed by atoms with Gasteiger partial charge in [-0.15, -0.1) is 0 Å². The maximum Gasteiger partial charge on any atom is 0.105 e. The van der Waals surface area contributed by atoms with Crippen LogP contribution in [0.2, 0.25) is 0 Å². The quantitative estimate of drug-likeness (QED) is 0.843. The van der Waals surface area contributed by atoms with Crippen molar-refractivity contribution in [1.29, 1.82) is 0 Å². The summed E-state index contributed by atoms with van der Waals surface area (Å²) in [5, 5.41) is 13.7. The van der Waals surface area contributed by atoms with Crippen LogP contribution in [0.5, 0.6) is 0 Å². The second-order valence-electron chi connectivity index (χ2n) is 5.63. The standard InChI is InChI=1S/C16H21N3O/c1-13-17-9-10-19(13)11-16(12-20,18-15-7-8-15)14-5-3-2-4-6-14/h2-6,9-10,15,18,20H,7-8,11-12H2,1H3. The number of aryl methyl sites for hydroxylation is 1. The molecule has 0 radical (unpaired) electrons. The molecule has 106 valence electrons. The smallest absolute Gasteiger partial charge is 0.105 e. The van der Waals surface area contributed by atoms with E-state index < -0.39 is 5.54 Å². The minimum Gasteiger partial charge on any atom is -0.394 e. The monoisotopic (exact) mass is 271 g/mol. The Morgan fingerprint density at radius 3 is 2.65 bits per heavy atom. The van der Waals surface area contributed by atoms with Crippen LogP contribution in [-0.4, -0.2) is 27.3 Å². The summed E-state index contributed by atoms with van der Waals surface area (Å²) in [7, 11) is 0. The molecule has 20 heavy (non-hydrogen) atoms. The molecule has 0 spiro atoms. The lowest BCUT2D eigenvalue weighted by atomic mass is 9.90. The van der Waals surface area contributed by atoms with Crippen LogP contribution in [0.3, 0.4) is 0 Å². The maximum atomic E-state index is 10.1. The van der Waals surface area contributed by atoms with E-state index in [-0.39, 0.29) is 6.61 Å². The van der Waals surface area contributed by atoms with Gasteiger partial charge in [-0.05, 0) is 25.3 Å².